The summed E-state index contributed by atoms with van der Waals surface area (Å²) in [6.07, 6.45) is 3.90. The Bertz CT molecular complexity index is 1180. The SMILES string of the molecule is O=C(Cn1ccc2cc(OCc3ccccc3)ccc21)Nc1nnc([C@H]2CCCO2)s1. The first kappa shape index (κ1) is 19.7. The number of amides is 1. The minimum atomic E-state index is -0.142. The number of anilines is 1. The third-order valence-electron chi connectivity index (χ3n) is 5.20. The van der Waals surface area contributed by atoms with Crippen LogP contribution in [-0.2, 0) is 22.7 Å². The van der Waals surface area contributed by atoms with Crippen molar-refractivity contribution in [3.05, 3.63) is 71.4 Å². The molecule has 0 spiro atoms. The van der Waals surface area contributed by atoms with Gasteiger partial charge in [-0.25, -0.2) is 0 Å². The molecular formula is C23H22N4O3S. The molecule has 0 aliphatic carbocycles. The van der Waals surface area contributed by atoms with E-state index in [1.165, 1.54) is 11.3 Å². The Kier molecular flexibility index (Phi) is 5.64. The molecule has 1 aliphatic rings. The van der Waals surface area contributed by atoms with Gasteiger partial charge in [0.15, 0.2) is 0 Å². The van der Waals surface area contributed by atoms with Gasteiger partial charge < -0.3 is 14.0 Å². The van der Waals surface area contributed by atoms with Crippen LogP contribution in [-0.4, -0.2) is 27.3 Å². The van der Waals surface area contributed by atoms with Crippen LogP contribution < -0.4 is 10.1 Å². The summed E-state index contributed by atoms with van der Waals surface area (Å²) >= 11 is 1.38. The van der Waals surface area contributed by atoms with E-state index in [4.69, 9.17) is 9.47 Å². The Morgan fingerprint density at radius 3 is 2.94 bits per heavy atom. The van der Waals surface area contributed by atoms with Crippen molar-refractivity contribution in [2.24, 2.45) is 0 Å². The third-order valence-corrected chi connectivity index (χ3v) is 6.13. The lowest BCUT2D eigenvalue weighted by molar-refractivity contribution is -0.116. The van der Waals surface area contributed by atoms with Gasteiger partial charge in [-0.2, -0.15) is 0 Å². The van der Waals surface area contributed by atoms with E-state index in [1.807, 2.05) is 65.4 Å². The van der Waals surface area contributed by atoms with E-state index in [1.54, 1.807) is 0 Å². The fourth-order valence-electron chi connectivity index (χ4n) is 3.65. The number of carbonyl (C=O) groups excluding carboxylic acids is 1. The van der Waals surface area contributed by atoms with Crippen LogP contribution in [0.4, 0.5) is 5.13 Å². The van der Waals surface area contributed by atoms with Crippen LogP contribution in [0, 0.1) is 0 Å². The van der Waals surface area contributed by atoms with Crippen LogP contribution in [0.3, 0.4) is 0 Å². The molecule has 1 atom stereocenters. The standard InChI is InChI=1S/C23H22N4O3S/c28-21(24-23-26-25-22(31-23)20-7-4-12-29-20)14-27-11-10-17-13-18(8-9-19(17)27)30-15-16-5-2-1-3-6-16/h1-3,5-6,8-11,13,20H,4,7,12,14-15H2,(H,24,26,28)/t20-/m1/s1. The average Bonchev–Trinajstić information content (AvgIpc) is 3.54. The van der Waals surface area contributed by atoms with Crippen LogP contribution in [0.25, 0.3) is 10.9 Å². The lowest BCUT2D eigenvalue weighted by Gasteiger charge is -2.08. The summed E-state index contributed by atoms with van der Waals surface area (Å²) in [5, 5.41) is 13.4. The second-order valence-corrected chi connectivity index (χ2v) is 8.44. The second kappa shape index (κ2) is 8.87. The van der Waals surface area contributed by atoms with Crippen LogP contribution in [0.2, 0.25) is 0 Å². The fraction of sp³-hybridized carbons (Fsp3) is 0.261. The van der Waals surface area contributed by atoms with Crippen molar-refractivity contribution in [3.63, 3.8) is 0 Å². The number of nitrogens with zero attached hydrogens (tertiary/aromatic N) is 3. The molecule has 1 saturated heterocycles. The van der Waals surface area contributed by atoms with Crippen molar-refractivity contribution in [3.8, 4) is 5.75 Å². The number of benzene rings is 2. The van der Waals surface area contributed by atoms with Crippen molar-refractivity contribution in [1.29, 1.82) is 0 Å². The number of fused-ring (bicyclic) bond motifs is 1. The van der Waals surface area contributed by atoms with Gasteiger partial charge in [0.1, 0.15) is 30.0 Å². The molecule has 0 unspecified atom stereocenters. The second-order valence-electron chi connectivity index (χ2n) is 7.43. The van der Waals surface area contributed by atoms with Crippen molar-refractivity contribution in [2.75, 3.05) is 11.9 Å². The van der Waals surface area contributed by atoms with E-state index in [0.717, 1.165) is 46.7 Å². The molecule has 158 valence electrons. The maximum atomic E-state index is 12.5. The lowest BCUT2D eigenvalue weighted by Crippen LogP contribution is -2.18. The number of ether oxygens (including phenoxy) is 2. The smallest absolute Gasteiger partial charge is 0.246 e. The minimum Gasteiger partial charge on any atom is -0.489 e. The van der Waals surface area contributed by atoms with Crippen molar-refractivity contribution in [2.45, 2.75) is 32.1 Å². The van der Waals surface area contributed by atoms with E-state index < -0.39 is 0 Å². The van der Waals surface area contributed by atoms with Gasteiger partial charge in [0.25, 0.3) is 0 Å². The molecule has 4 aromatic rings. The lowest BCUT2D eigenvalue weighted by atomic mass is 10.2. The van der Waals surface area contributed by atoms with Crippen LogP contribution in [0.5, 0.6) is 5.75 Å². The van der Waals surface area contributed by atoms with Crippen molar-refractivity contribution < 1.29 is 14.3 Å². The Labute approximate surface area is 183 Å². The number of carbonyl (C=O) groups is 1. The number of hydrogen-bond acceptors (Lipinski definition) is 6. The van der Waals surface area contributed by atoms with Crippen molar-refractivity contribution >= 4 is 33.3 Å². The topological polar surface area (TPSA) is 78.3 Å². The largest absolute Gasteiger partial charge is 0.489 e. The van der Waals surface area contributed by atoms with Gasteiger partial charge in [0.05, 0.1) is 0 Å². The zero-order valence-corrected chi connectivity index (χ0v) is 17.7. The summed E-state index contributed by atoms with van der Waals surface area (Å²) in [6, 6.07) is 17.9. The molecule has 5 rings (SSSR count). The predicted molar refractivity (Wildman–Crippen MR) is 119 cm³/mol. The molecule has 3 heterocycles. The number of aromatic nitrogens is 3. The van der Waals surface area contributed by atoms with Crippen LogP contribution in [0.1, 0.15) is 29.5 Å². The van der Waals surface area contributed by atoms with Gasteiger partial charge in [-0.3, -0.25) is 10.1 Å². The van der Waals surface area contributed by atoms with Gasteiger partial charge in [-0.05, 0) is 42.7 Å². The molecular weight excluding hydrogens is 412 g/mol. The summed E-state index contributed by atoms with van der Waals surface area (Å²) in [4.78, 5) is 12.5. The maximum absolute atomic E-state index is 12.5. The monoisotopic (exact) mass is 434 g/mol. The van der Waals surface area contributed by atoms with Gasteiger partial charge in [-0.1, -0.05) is 41.7 Å². The first-order chi connectivity index (χ1) is 15.2. The molecule has 1 amide bonds. The van der Waals surface area contributed by atoms with E-state index in [-0.39, 0.29) is 18.6 Å². The fourth-order valence-corrected chi connectivity index (χ4v) is 4.49. The Balaban J connectivity index is 1.21. The maximum Gasteiger partial charge on any atom is 0.246 e. The molecule has 2 aromatic carbocycles. The molecule has 1 N–H and O–H groups in total. The number of nitrogens with one attached hydrogen (secondary N) is 1. The van der Waals surface area contributed by atoms with Gasteiger partial charge in [0.2, 0.25) is 11.0 Å². The predicted octanol–water partition coefficient (Wildman–Crippen LogP) is 4.56. The Morgan fingerprint density at radius 2 is 2.10 bits per heavy atom. The highest BCUT2D eigenvalue weighted by atomic mass is 32.1. The number of rotatable bonds is 7. The quantitative estimate of drug-likeness (QED) is 0.461. The zero-order valence-electron chi connectivity index (χ0n) is 16.9. The summed E-state index contributed by atoms with van der Waals surface area (Å²) in [7, 11) is 0. The van der Waals surface area contributed by atoms with E-state index in [2.05, 4.69) is 15.5 Å². The summed E-state index contributed by atoms with van der Waals surface area (Å²) in [5.41, 5.74) is 2.09. The van der Waals surface area contributed by atoms with Gasteiger partial charge in [0, 0.05) is 23.7 Å². The Morgan fingerprint density at radius 1 is 1.19 bits per heavy atom. The van der Waals surface area contributed by atoms with Gasteiger partial charge in [-0.15, -0.1) is 10.2 Å². The molecule has 8 heteroatoms. The molecule has 1 fully saturated rings. The van der Waals surface area contributed by atoms with Crippen LogP contribution in [0.15, 0.2) is 60.8 Å². The molecule has 0 saturated carbocycles. The van der Waals surface area contributed by atoms with E-state index in [9.17, 15) is 4.79 Å². The third kappa shape index (κ3) is 4.60. The molecule has 7 nitrogen and oxygen atoms in total. The van der Waals surface area contributed by atoms with Crippen molar-refractivity contribution in [1.82, 2.24) is 14.8 Å². The normalized spacial score (nSPS) is 15.9. The average molecular weight is 435 g/mol. The Hall–Kier alpha value is -3.23. The first-order valence-electron chi connectivity index (χ1n) is 10.2. The minimum absolute atomic E-state index is 0.00912. The zero-order chi connectivity index (χ0) is 21.0. The molecule has 31 heavy (non-hydrogen) atoms. The first-order valence-corrected chi connectivity index (χ1v) is 11.1. The highest BCUT2D eigenvalue weighted by molar-refractivity contribution is 7.15. The molecule has 0 bridgehead atoms. The highest BCUT2D eigenvalue weighted by Gasteiger charge is 2.22. The molecule has 2 aromatic heterocycles. The summed E-state index contributed by atoms with van der Waals surface area (Å²) in [5.74, 6) is 0.658. The summed E-state index contributed by atoms with van der Waals surface area (Å²) < 4.78 is 13.4. The van der Waals surface area contributed by atoms with Gasteiger partial charge >= 0.3 is 0 Å². The highest BCUT2D eigenvalue weighted by Crippen LogP contribution is 2.32. The number of hydrogen-bond donors (Lipinski definition) is 1. The molecule has 0 radical (unpaired) electrons. The van der Waals surface area contributed by atoms with E-state index >= 15 is 0 Å². The van der Waals surface area contributed by atoms with E-state index in [0.29, 0.717) is 11.7 Å². The summed E-state index contributed by atoms with van der Waals surface area (Å²) in [6.45, 7) is 1.47. The molecule has 1 aliphatic heterocycles. The van der Waals surface area contributed by atoms with Crippen LogP contribution >= 0.6 is 11.3 Å².